The second kappa shape index (κ2) is 21.2. The predicted octanol–water partition coefficient (Wildman–Crippen LogP) is 4.34. The van der Waals surface area contributed by atoms with Gasteiger partial charge in [0.2, 0.25) is 17.7 Å². The summed E-state index contributed by atoms with van der Waals surface area (Å²) < 4.78 is 25.2. The van der Waals surface area contributed by atoms with E-state index in [0.717, 1.165) is 22.5 Å². The molecule has 3 aromatic heterocycles. The fourth-order valence-corrected chi connectivity index (χ4v) is 8.98. The first-order chi connectivity index (χ1) is 33.1. The van der Waals surface area contributed by atoms with Crippen molar-refractivity contribution >= 4 is 35.0 Å². The van der Waals surface area contributed by atoms with E-state index < -0.39 is 41.3 Å². The highest BCUT2D eigenvalue weighted by Crippen LogP contribution is 2.35. The number of ether oxygens (including phenoxy) is 4. The van der Waals surface area contributed by atoms with Gasteiger partial charge in [-0.2, -0.15) is 10.2 Å². The third kappa shape index (κ3) is 11.5. The molecule has 0 aliphatic carbocycles. The van der Waals surface area contributed by atoms with Gasteiger partial charge in [0, 0.05) is 80.3 Å². The van der Waals surface area contributed by atoms with Gasteiger partial charge in [-0.1, -0.05) is 39.0 Å². The lowest BCUT2D eigenvalue weighted by molar-refractivity contribution is -0.145. The van der Waals surface area contributed by atoms with Gasteiger partial charge in [0.15, 0.2) is 0 Å². The number of methoxy groups -OCH3 is 1. The number of aryl methyl sites for hydroxylation is 1. The molecule has 0 saturated carbocycles. The van der Waals surface area contributed by atoms with E-state index in [9.17, 15) is 24.3 Å². The van der Waals surface area contributed by atoms with E-state index in [-0.39, 0.29) is 55.8 Å². The minimum Gasteiger partial charge on any atom is -0.494 e. The van der Waals surface area contributed by atoms with Crippen molar-refractivity contribution in [3.05, 3.63) is 90.4 Å². The molecule has 3 aliphatic heterocycles. The molecule has 0 radical (unpaired) electrons. The third-order valence-electron chi connectivity index (χ3n) is 12.9. The zero-order valence-corrected chi connectivity index (χ0v) is 39.9. The van der Waals surface area contributed by atoms with Gasteiger partial charge in [-0.05, 0) is 67.6 Å². The number of hydrogen-bond acceptors (Lipinski definition) is 13. The molecule has 5 N–H and O–H groups in total. The topological polar surface area (TPSA) is 227 Å². The number of hydrogen-bond donors (Lipinski definition) is 5. The molecule has 6 heterocycles. The largest absolute Gasteiger partial charge is 0.494 e. The van der Waals surface area contributed by atoms with Gasteiger partial charge in [-0.3, -0.25) is 29.0 Å². The molecule has 3 saturated heterocycles. The number of H-pyrrole nitrogens is 1. The molecule has 19 heteroatoms. The molecule has 5 atom stereocenters. The van der Waals surface area contributed by atoms with Crippen LogP contribution in [-0.4, -0.2) is 136 Å². The summed E-state index contributed by atoms with van der Waals surface area (Å²) in [5, 5.41) is 30.7. The number of aromatic nitrogens is 5. The Labute approximate surface area is 401 Å². The van der Waals surface area contributed by atoms with Crippen LogP contribution < -0.4 is 30.3 Å². The van der Waals surface area contributed by atoms with Crippen LogP contribution in [0.15, 0.2) is 79.1 Å². The molecule has 5 aromatic rings. The van der Waals surface area contributed by atoms with E-state index in [2.05, 4.69) is 48.1 Å². The summed E-state index contributed by atoms with van der Waals surface area (Å²) >= 11 is 0. The molecule has 19 nitrogen and oxygen atoms in total. The number of aromatic amines is 1. The van der Waals surface area contributed by atoms with Crippen molar-refractivity contribution in [3.8, 4) is 34.1 Å². The highest BCUT2D eigenvalue weighted by molar-refractivity contribution is 6.04. The number of benzene rings is 2. The monoisotopic (exact) mass is 946 g/mol. The van der Waals surface area contributed by atoms with Crippen molar-refractivity contribution in [2.24, 2.45) is 18.4 Å². The molecule has 0 bridgehead atoms. The SMILES string of the molecule is COc1cc(N2CC[C@H](OCC(=O)N[C@H](C(=O)N3C[C@H](O)C[C@H]3C(=O)NCc3ccc(-c4ccnn4C)cc3OCC3COC3)C(C)(C)C)C[C@@H]2C)ccc1NC(=O)c1cccc(-c2ccn[nH]2)n1. The first-order valence-corrected chi connectivity index (χ1v) is 23.4. The van der Waals surface area contributed by atoms with Crippen LogP contribution in [0.3, 0.4) is 0 Å². The quantitative estimate of drug-likeness (QED) is 0.0876. The summed E-state index contributed by atoms with van der Waals surface area (Å²) in [6.45, 7) is 9.81. The van der Waals surface area contributed by atoms with Crippen LogP contribution in [0.4, 0.5) is 11.4 Å². The summed E-state index contributed by atoms with van der Waals surface area (Å²) in [5.74, 6) is -0.324. The second-order valence-corrected chi connectivity index (χ2v) is 19.1. The Bertz CT molecular complexity index is 2610. The number of carbonyl (C=O) groups is 4. The molecular weight excluding hydrogens is 885 g/mol. The summed E-state index contributed by atoms with van der Waals surface area (Å²) in [6, 6.07) is 18.4. The van der Waals surface area contributed by atoms with Crippen molar-refractivity contribution in [3.63, 3.8) is 0 Å². The van der Waals surface area contributed by atoms with Gasteiger partial charge in [0.25, 0.3) is 5.91 Å². The Morgan fingerprint density at radius 1 is 1.00 bits per heavy atom. The maximum absolute atomic E-state index is 14.3. The van der Waals surface area contributed by atoms with Crippen molar-refractivity contribution in [2.45, 2.75) is 83.8 Å². The van der Waals surface area contributed by atoms with Crippen molar-refractivity contribution < 1.29 is 43.2 Å². The zero-order chi connectivity index (χ0) is 48.8. The Kier molecular flexibility index (Phi) is 14.9. The smallest absolute Gasteiger partial charge is 0.274 e. The minimum absolute atomic E-state index is 0.0348. The van der Waals surface area contributed by atoms with Crippen LogP contribution >= 0.6 is 0 Å². The Balaban J connectivity index is 0.842. The Morgan fingerprint density at radius 3 is 2.52 bits per heavy atom. The van der Waals surface area contributed by atoms with Gasteiger partial charge in [0.1, 0.15) is 35.9 Å². The lowest BCUT2D eigenvalue weighted by atomic mass is 9.85. The van der Waals surface area contributed by atoms with Crippen LogP contribution in [0.5, 0.6) is 11.5 Å². The standard InChI is InChI=1S/C50H62N10O9/c1-30-20-36(16-19-59(30)34-12-13-39(44(22-34)66-6)55-47(63)40-9-7-8-37(54-40)38-14-17-52-57-38)68-29-45(62)56-46(50(2,3)4)49(65)60-25-35(61)23-42(60)48(64)51-24-33-11-10-32(41-15-18-53-58(41)5)21-43(33)69-28-31-26-67-27-31/h7-15,17-18,21-22,30-31,35-36,42,46,61H,16,19-20,23-29H2,1-6H3,(H,51,64)(H,52,57)(H,55,63)(H,56,62)/t30-,35+,36-,42-,46+/m0/s1. The maximum Gasteiger partial charge on any atom is 0.274 e. The van der Waals surface area contributed by atoms with E-state index in [1.165, 1.54) is 4.90 Å². The molecule has 3 aliphatic rings. The lowest BCUT2D eigenvalue weighted by Crippen LogP contribution is -2.58. The van der Waals surface area contributed by atoms with Gasteiger partial charge in [0.05, 0.1) is 61.9 Å². The lowest BCUT2D eigenvalue weighted by Gasteiger charge is -2.39. The molecule has 0 unspecified atom stereocenters. The number of piperidine rings is 1. The number of aliphatic hydroxyl groups excluding tert-OH is 1. The molecule has 0 spiro atoms. The number of nitrogens with one attached hydrogen (secondary N) is 4. The van der Waals surface area contributed by atoms with E-state index in [4.69, 9.17) is 18.9 Å². The van der Waals surface area contributed by atoms with Crippen LogP contribution in [-0.2, 0) is 37.4 Å². The summed E-state index contributed by atoms with van der Waals surface area (Å²) in [4.78, 5) is 63.1. The third-order valence-corrected chi connectivity index (χ3v) is 12.9. The van der Waals surface area contributed by atoms with Crippen LogP contribution in [0.1, 0.15) is 63.0 Å². The number of likely N-dealkylation sites (tertiary alicyclic amines) is 1. The first-order valence-electron chi connectivity index (χ1n) is 23.4. The number of β-amino-alcohol motifs (C(OH)–C–C–N with tert-alkyl or cyclic N) is 1. The van der Waals surface area contributed by atoms with Crippen LogP contribution in [0, 0.1) is 11.3 Å². The molecule has 366 valence electrons. The van der Waals surface area contributed by atoms with Gasteiger partial charge in [-0.25, -0.2) is 4.98 Å². The fraction of sp³-hybridized carbons (Fsp3) is 0.460. The fourth-order valence-electron chi connectivity index (χ4n) is 8.98. The highest BCUT2D eigenvalue weighted by Gasteiger charge is 2.44. The van der Waals surface area contributed by atoms with Crippen molar-refractivity contribution in [1.29, 1.82) is 0 Å². The maximum atomic E-state index is 14.3. The number of nitrogens with zero attached hydrogens (tertiary/aromatic N) is 6. The van der Waals surface area contributed by atoms with Gasteiger partial charge < -0.3 is 49.8 Å². The number of amides is 4. The molecule has 3 fully saturated rings. The Hall–Kier alpha value is -6.83. The number of anilines is 2. The first kappa shape index (κ1) is 48.6. The Morgan fingerprint density at radius 2 is 1.83 bits per heavy atom. The van der Waals surface area contributed by atoms with E-state index in [1.54, 1.807) is 54.5 Å². The van der Waals surface area contributed by atoms with Gasteiger partial charge in [-0.15, -0.1) is 0 Å². The van der Waals surface area contributed by atoms with E-state index in [1.807, 2.05) is 64.2 Å². The normalized spacial score (nSPS) is 19.9. The molecule has 4 amide bonds. The zero-order valence-electron chi connectivity index (χ0n) is 39.9. The number of carbonyl (C=O) groups excluding carboxylic acids is 4. The summed E-state index contributed by atoms with van der Waals surface area (Å²) in [5.41, 5.74) is 4.78. The summed E-state index contributed by atoms with van der Waals surface area (Å²) in [7, 11) is 3.42. The predicted molar refractivity (Wildman–Crippen MR) is 256 cm³/mol. The van der Waals surface area contributed by atoms with Gasteiger partial charge >= 0.3 is 0 Å². The van der Waals surface area contributed by atoms with Crippen molar-refractivity contribution in [2.75, 3.05) is 56.8 Å². The second-order valence-electron chi connectivity index (χ2n) is 19.1. The highest BCUT2D eigenvalue weighted by atomic mass is 16.5. The number of aliphatic hydroxyl groups is 1. The molecule has 69 heavy (non-hydrogen) atoms. The average Bonchev–Trinajstić information content (AvgIpc) is 4.11. The number of pyridine rings is 1. The van der Waals surface area contributed by atoms with Crippen molar-refractivity contribution in [1.82, 2.24) is 40.5 Å². The number of rotatable bonds is 17. The van der Waals surface area contributed by atoms with E-state index in [0.29, 0.717) is 67.8 Å². The van der Waals surface area contributed by atoms with E-state index >= 15 is 0 Å². The van der Waals surface area contributed by atoms with Crippen LogP contribution in [0.2, 0.25) is 0 Å². The molecular formula is C50H62N10O9. The summed E-state index contributed by atoms with van der Waals surface area (Å²) in [6.07, 6.45) is 3.54. The minimum atomic E-state index is -1.00. The molecule has 2 aromatic carbocycles. The molecule has 8 rings (SSSR count). The average molecular weight is 947 g/mol. The van der Waals surface area contributed by atoms with Crippen LogP contribution in [0.25, 0.3) is 22.6 Å².